The highest BCUT2D eigenvalue weighted by Gasteiger charge is 2.41. The predicted octanol–water partition coefficient (Wildman–Crippen LogP) is 6.53. The lowest BCUT2D eigenvalue weighted by atomic mass is 9.76. The van der Waals surface area contributed by atoms with E-state index in [1.54, 1.807) is 17.1 Å². The van der Waals surface area contributed by atoms with Crippen molar-refractivity contribution in [3.05, 3.63) is 99.5 Å². The maximum atomic E-state index is 13.4. The molecule has 9 heteroatoms. The fraction of sp³-hybridized carbons (Fsp3) is 0.192. The summed E-state index contributed by atoms with van der Waals surface area (Å²) in [6, 6.07) is 24.8. The zero-order chi connectivity index (χ0) is 25.0. The van der Waals surface area contributed by atoms with Crippen LogP contribution in [0.4, 0.5) is 10.5 Å². The summed E-state index contributed by atoms with van der Waals surface area (Å²) in [7, 11) is 1.29. The van der Waals surface area contributed by atoms with Gasteiger partial charge in [-0.25, -0.2) is 9.10 Å². The Bertz CT molecular complexity index is 1240. The third-order valence-electron chi connectivity index (χ3n) is 5.73. The minimum atomic E-state index is -0.581. The first kappa shape index (κ1) is 25.3. The molecule has 1 aliphatic heterocycles. The first-order chi connectivity index (χ1) is 16.8. The van der Waals surface area contributed by atoms with Crippen LogP contribution in [0.2, 0.25) is 5.02 Å². The Balaban J connectivity index is 1.65. The fourth-order valence-corrected chi connectivity index (χ4v) is 4.99. The SMILES string of the molecule is COC(=O)SN(C(=O)CN1CC(C)(c2ccccc2)C(c2ccc(Cl)cc2)=N1)c1ccc(Br)cc1. The molecule has 3 aromatic rings. The van der Waals surface area contributed by atoms with E-state index < -0.39 is 10.7 Å². The summed E-state index contributed by atoms with van der Waals surface area (Å²) in [6.45, 7) is 2.60. The number of hydrogen-bond acceptors (Lipinski definition) is 6. The summed E-state index contributed by atoms with van der Waals surface area (Å²) in [6.07, 6.45) is 0. The molecule has 1 amide bonds. The summed E-state index contributed by atoms with van der Waals surface area (Å²) in [5, 5.41) is 6.69. The van der Waals surface area contributed by atoms with Crippen molar-refractivity contribution < 1.29 is 14.3 Å². The van der Waals surface area contributed by atoms with Gasteiger partial charge in [0.2, 0.25) is 0 Å². The minimum absolute atomic E-state index is 0.0143. The highest BCUT2D eigenvalue weighted by Crippen LogP contribution is 2.36. The molecule has 0 bridgehead atoms. The number of rotatable bonds is 5. The van der Waals surface area contributed by atoms with Gasteiger partial charge in [-0.2, -0.15) is 5.10 Å². The van der Waals surface area contributed by atoms with Crippen molar-refractivity contribution in [2.24, 2.45) is 5.10 Å². The Kier molecular flexibility index (Phi) is 7.84. The minimum Gasteiger partial charge on any atom is -0.460 e. The van der Waals surface area contributed by atoms with E-state index in [9.17, 15) is 9.59 Å². The van der Waals surface area contributed by atoms with E-state index in [1.807, 2.05) is 54.6 Å². The van der Waals surface area contributed by atoms with Gasteiger partial charge >= 0.3 is 5.30 Å². The molecule has 0 saturated carbocycles. The zero-order valence-electron chi connectivity index (χ0n) is 19.2. The second-order valence-corrected chi connectivity index (χ2v) is 10.4. The van der Waals surface area contributed by atoms with Crippen LogP contribution in [0.25, 0.3) is 0 Å². The van der Waals surface area contributed by atoms with E-state index in [1.165, 1.54) is 11.4 Å². The van der Waals surface area contributed by atoms with Crippen molar-refractivity contribution in [1.82, 2.24) is 5.01 Å². The summed E-state index contributed by atoms with van der Waals surface area (Å²) >= 11 is 10.2. The van der Waals surface area contributed by atoms with Crippen molar-refractivity contribution in [2.45, 2.75) is 12.3 Å². The number of halogens is 2. The molecule has 1 heterocycles. The first-order valence-electron chi connectivity index (χ1n) is 10.8. The predicted molar refractivity (Wildman–Crippen MR) is 145 cm³/mol. The molecule has 35 heavy (non-hydrogen) atoms. The number of methoxy groups -OCH3 is 1. The van der Waals surface area contributed by atoms with Crippen LogP contribution in [-0.4, -0.2) is 42.1 Å². The lowest BCUT2D eigenvalue weighted by Crippen LogP contribution is -2.39. The topological polar surface area (TPSA) is 62.2 Å². The van der Waals surface area contributed by atoms with Crippen LogP contribution >= 0.6 is 39.5 Å². The van der Waals surface area contributed by atoms with Gasteiger partial charge in [-0.05, 0) is 54.4 Å². The van der Waals surface area contributed by atoms with Gasteiger partial charge in [0, 0.05) is 9.50 Å². The van der Waals surface area contributed by atoms with E-state index in [-0.39, 0.29) is 12.5 Å². The van der Waals surface area contributed by atoms with Crippen molar-refractivity contribution in [1.29, 1.82) is 0 Å². The first-order valence-corrected chi connectivity index (χ1v) is 12.7. The smallest absolute Gasteiger partial charge is 0.388 e. The average Bonchev–Trinajstić information content (AvgIpc) is 3.20. The molecule has 3 aromatic carbocycles. The summed E-state index contributed by atoms with van der Waals surface area (Å²) in [5.74, 6) is -0.292. The largest absolute Gasteiger partial charge is 0.460 e. The van der Waals surface area contributed by atoms with Crippen LogP contribution in [0.1, 0.15) is 18.1 Å². The standard InChI is InChI=1S/C26H23BrClN3O3S/c1-26(19-6-4-3-5-7-19)17-30(29-24(26)18-8-12-21(28)13-9-18)16-23(32)31(35-25(33)34-2)22-14-10-20(27)11-15-22/h3-15H,16-17H2,1-2H3. The Morgan fingerprint density at radius 2 is 1.74 bits per heavy atom. The molecular weight excluding hydrogens is 550 g/mol. The number of anilines is 1. The Morgan fingerprint density at radius 1 is 1.09 bits per heavy atom. The van der Waals surface area contributed by atoms with Gasteiger partial charge in [-0.3, -0.25) is 9.80 Å². The molecule has 1 unspecified atom stereocenters. The van der Waals surface area contributed by atoms with Crippen LogP contribution in [0.3, 0.4) is 0 Å². The van der Waals surface area contributed by atoms with E-state index in [0.717, 1.165) is 21.3 Å². The van der Waals surface area contributed by atoms with Crippen LogP contribution in [0.5, 0.6) is 0 Å². The normalized spacial score (nSPS) is 17.1. The molecule has 0 fully saturated rings. The summed E-state index contributed by atoms with van der Waals surface area (Å²) in [4.78, 5) is 25.5. The third kappa shape index (κ3) is 5.72. The van der Waals surface area contributed by atoms with Gasteiger partial charge in [0.15, 0.2) is 0 Å². The number of hydrazone groups is 1. The van der Waals surface area contributed by atoms with Gasteiger partial charge < -0.3 is 4.74 Å². The molecule has 1 aliphatic rings. The van der Waals surface area contributed by atoms with Gasteiger partial charge in [-0.1, -0.05) is 70.0 Å². The monoisotopic (exact) mass is 571 g/mol. The van der Waals surface area contributed by atoms with Gasteiger partial charge in [-0.15, -0.1) is 0 Å². The maximum Gasteiger partial charge on any atom is 0.388 e. The average molecular weight is 573 g/mol. The lowest BCUT2D eigenvalue weighted by Gasteiger charge is -2.28. The van der Waals surface area contributed by atoms with Crippen LogP contribution in [0.15, 0.2) is 88.4 Å². The van der Waals surface area contributed by atoms with Crippen LogP contribution in [-0.2, 0) is 14.9 Å². The fourth-order valence-electron chi connectivity index (χ4n) is 3.99. The third-order valence-corrected chi connectivity index (χ3v) is 7.42. The molecule has 0 N–H and O–H groups in total. The number of hydrogen-bond donors (Lipinski definition) is 0. The number of carbonyl (C=O) groups excluding carboxylic acids is 2. The molecule has 0 radical (unpaired) electrons. The maximum absolute atomic E-state index is 13.4. The molecule has 180 valence electrons. The second kappa shape index (κ2) is 10.8. The molecule has 0 aromatic heterocycles. The number of ether oxygens (including phenoxy) is 1. The van der Waals surface area contributed by atoms with Crippen LogP contribution < -0.4 is 4.31 Å². The lowest BCUT2D eigenvalue weighted by molar-refractivity contribution is -0.118. The Hall–Kier alpha value is -2.81. The Morgan fingerprint density at radius 3 is 2.37 bits per heavy atom. The Labute approximate surface area is 222 Å². The molecular formula is C26H23BrClN3O3S. The van der Waals surface area contributed by atoms with Crippen molar-refractivity contribution in [2.75, 3.05) is 24.5 Å². The molecule has 6 nitrogen and oxygen atoms in total. The van der Waals surface area contributed by atoms with Crippen LogP contribution in [0, 0.1) is 0 Å². The number of carbonyl (C=O) groups is 2. The van der Waals surface area contributed by atoms with Gasteiger partial charge in [0.05, 0.1) is 42.4 Å². The molecule has 0 saturated heterocycles. The highest BCUT2D eigenvalue weighted by molar-refractivity contribution is 9.10. The summed E-state index contributed by atoms with van der Waals surface area (Å²) in [5.41, 5.74) is 3.00. The van der Waals surface area contributed by atoms with Gasteiger partial charge in [0.1, 0.15) is 6.54 Å². The number of benzene rings is 3. The van der Waals surface area contributed by atoms with Crippen molar-refractivity contribution in [3.63, 3.8) is 0 Å². The van der Waals surface area contributed by atoms with Gasteiger partial charge in [0.25, 0.3) is 5.91 Å². The quantitative estimate of drug-likeness (QED) is 0.257. The molecule has 0 aliphatic carbocycles. The van der Waals surface area contributed by atoms with E-state index >= 15 is 0 Å². The number of nitrogens with zero attached hydrogens (tertiary/aromatic N) is 3. The molecule has 1 atom stereocenters. The molecule has 0 spiro atoms. The van der Waals surface area contributed by atoms with Crippen molar-refractivity contribution in [3.8, 4) is 0 Å². The highest BCUT2D eigenvalue weighted by atomic mass is 79.9. The second-order valence-electron chi connectivity index (χ2n) is 8.19. The van der Waals surface area contributed by atoms with E-state index in [2.05, 4.69) is 35.0 Å². The number of amides is 1. The van der Waals surface area contributed by atoms with E-state index in [4.69, 9.17) is 21.4 Å². The van der Waals surface area contributed by atoms with E-state index in [0.29, 0.717) is 29.2 Å². The molecule has 4 rings (SSSR count). The van der Waals surface area contributed by atoms with Crippen molar-refractivity contribution >= 4 is 62.1 Å². The zero-order valence-corrected chi connectivity index (χ0v) is 22.3. The summed E-state index contributed by atoms with van der Waals surface area (Å²) < 4.78 is 7.00.